The lowest BCUT2D eigenvalue weighted by molar-refractivity contribution is -0.146. The molecule has 3 aromatic rings. The summed E-state index contributed by atoms with van der Waals surface area (Å²) in [6.45, 7) is 15.7. The Morgan fingerprint density at radius 3 is 1.46 bits per heavy atom. The Bertz CT molecular complexity index is 2090. The highest BCUT2D eigenvalue weighted by Crippen LogP contribution is 2.75. The maximum Gasteiger partial charge on any atom is 0.332 e. The van der Waals surface area contributed by atoms with Crippen molar-refractivity contribution in [3.05, 3.63) is 108 Å². The molecule has 0 aliphatic heterocycles. The second kappa shape index (κ2) is 16.3. The van der Waals surface area contributed by atoms with Crippen LogP contribution in [0.4, 0.5) is 0 Å². The summed E-state index contributed by atoms with van der Waals surface area (Å²) in [5.74, 6) is 9.08. The second-order valence-corrected chi connectivity index (χ2v) is 23.2. The quantitative estimate of drug-likeness (QED) is 0.0919. The van der Waals surface area contributed by atoms with E-state index in [1.54, 1.807) is 20.8 Å². The largest absolute Gasteiger partial charge is 0.361 e. The third-order valence-electron chi connectivity index (χ3n) is 12.0. The number of carbonyl (C=O) groups excluding carboxylic acids is 3. The third kappa shape index (κ3) is 9.09. The lowest BCUT2D eigenvalue weighted by Crippen LogP contribution is -2.64. The minimum atomic E-state index is -0.103. The zero-order valence-electron chi connectivity index (χ0n) is 33.6. The van der Waals surface area contributed by atoms with Crippen molar-refractivity contribution in [2.24, 2.45) is 16.2 Å². The molecule has 5 nitrogen and oxygen atoms in total. The van der Waals surface area contributed by atoms with E-state index in [1.807, 2.05) is 12.1 Å². The van der Waals surface area contributed by atoms with Crippen molar-refractivity contribution < 1.29 is 19.2 Å². The summed E-state index contributed by atoms with van der Waals surface area (Å²) in [6, 6.07) is 17.0. The number of thioether (sulfide) groups is 3. The van der Waals surface area contributed by atoms with Crippen LogP contribution in [0.25, 0.3) is 5.53 Å². The lowest BCUT2D eigenvalue weighted by atomic mass is 9.35. The minimum Gasteiger partial charge on any atom is -0.361 e. The van der Waals surface area contributed by atoms with Crippen LogP contribution in [0, 0.1) is 41.9 Å². The fourth-order valence-corrected chi connectivity index (χ4v) is 14.7. The molecule has 0 radical (unpaired) electrons. The van der Waals surface area contributed by atoms with E-state index >= 15 is 0 Å². The Labute approximate surface area is 362 Å². The molecule has 0 spiro atoms. The summed E-state index contributed by atoms with van der Waals surface area (Å²) in [5.41, 5.74) is 18.6. The molecule has 7 rings (SSSR count). The van der Waals surface area contributed by atoms with E-state index in [9.17, 15) is 19.9 Å². The summed E-state index contributed by atoms with van der Waals surface area (Å²) in [4.78, 5) is 40.8. The smallest absolute Gasteiger partial charge is 0.332 e. The maximum atomic E-state index is 12.3. The van der Waals surface area contributed by atoms with Crippen LogP contribution in [0.2, 0.25) is 0 Å². The lowest BCUT2D eigenvalue weighted by Gasteiger charge is -2.71. The summed E-state index contributed by atoms with van der Waals surface area (Å²) in [6.07, 6.45) is 6.11. The molecule has 4 aliphatic rings. The number of benzene rings is 3. The molecule has 4 fully saturated rings. The normalized spacial score (nSPS) is 25.0. The van der Waals surface area contributed by atoms with Gasteiger partial charge in [-0.3, -0.25) is 14.4 Å². The van der Waals surface area contributed by atoms with Gasteiger partial charge in [-0.2, -0.15) is 4.79 Å². The first-order valence-electron chi connectivity index (χ1n) is 19.1. The highest BCUT2D eigenvalue weighted by atomic mass is 79.9. The van der Waals surface area contributed by atoms with Crippen LogP contribution in [-0.2, 0) is 25.2 Å². The van der Waals surface area contributed by atoms with Crippen LogP contribution >= 0.6 is 67.1 Å². The van der Waals surface area contributed by atoms with E-state index in [0.717, 1.165) is 98.1 Å². The Morgan fingerprint density at radius 1 is 0.679 bits per heavy atom. The van der Waals surface area contributed by atoms with Crippen molar-refractivity contribution in [3.8, 4) is 11.8 Å². The van der Waals surface area contributed by atoms with Crippen molar-refractivity contribution in [3.63, 3.8) is 0 Å². The van der Waals surface area contributed by atoms with Gasteiger partial charge in [0.05, 0.1) is 11.1 Å². The van der Waals surface area contributed by atoms with E-state index in [2.05, 4.69) is 120 Å². The number of hydrogen-bond acceptors (Lipinski definition) is 6. The van der Waals surface area contributed by atoms with Crippen LogP contribution in [0.15, 0.2) is 57.5 Å². The predicted octanol–water partition coefficient (Wildman–Crippen LogP) is 12.0. The third-order valence-corrected chi connectivity index (χ3v) is 16.7. The summed E-state index contributed by atoms with van der Waals surface area (Å²) in [7, 11) is 0. The molecule has 0 atom stereocenters. The maximum absolute atomic E-state index is 12.3. The van der Waals surface area contributed by atoms with Gasteiger partial charge in [0.15, 0.2) is 15.3 Å². The zero-order valence-corrected chi connectivity index (χ0v) is 39.2. The predicted molar refractivity (Wildman–Crippen MR) is 242 cm³/mol. The van der Waals surface area contributed by atoms with Crippen molar-refractivity contribution in [2.75, 3.05) is 17.3 Å². The molecule has 3 aromatic carbocycles. The Hall–Kier alpha value is -2.38. The molecule has 4 bridgehead atoms. The fraction of sp³-hybridized carbons (Fsp3) is 0.478. The number of aryl methyl sites for hydroxylation is 2. The molecule has 10 heteroatoms. The van der Waals surface area contributed by atoms with Gasteiger partial charge in [-0.05, 0) is 158 Å². The highest BCUT2D eigenvalue weighted by Gasteiger charge is 2.68. The number of halogens is 2. The molecular weight excluding hydrogens is 885 g/mol. The van der Waals surface area contributed by atoms with Gasteiger partial charge in [0, 0.05) is 58.1 Å². The van der Waals surface area contributed by atoms with Gasteiger partial charge in [0.2, 0.25) is 0 Å². The van der Waals surface area contributed by atoms with E-state index in [4.69, 9.17) is 0 Å². The zero-order chi connectivity index (χ0) is 40.8. The van der Waals surface area contributed by atoms with Crippen molar-refractivity contribution in [2.45, 2.75) is 105 Å². The highest BCUT2D eigenvalue weighted by molar-refractivity contribution is 9.11. The molecule has 4 aliphatic carbocycles. The molecule has 4 saturated carbocycles. The number of carbonyl (C=O) groups is 3. The van der Waals surface area contributed by atoms with Gasteiger partial charge >= 0.3 is 5.71 Å². The van der Waals surface area contributed by atoms with E-state index < -0.39 is 0 Å². The Kier molecular flexibility index (Phi) is 12.6. The monoisotopic (exact) mass is 932 g/mol. The first kappa shape index (κ1) is 43.2. The second-order valence-electron chi connectivity index (χ2n) is 18.0. The molecule has 0 amide bonds. The van der Waals surface area contributed by atoms with E-state index in [-0.39, 0.29) is 42.4 Å². The van der Waals surface area contributed by atoms with Crippen molar-refractivity contribution in [1.82, 2.24) is 0 Å². The first-order valence-corrected chi connectivity index (χ1v) is 23.6. The van der Waals surface area contributed by atoms with Crippen LogP contribution in [0.5, 0.6) is 0 Å². The van der Waals surface area contributed by atoms with Gasteiger partial charge in [0.1, 0.15) is 0 Å². The summed E-state index contributed by atoms with van der Waals surface area (Å²) < 4.78 is 1.54. The first-order chi connectivity index (χ1) is 26.2. The average molecular weight is 935 g/mol. The SMILES string of the molecule is CC(=O)SCC12CC3(CSC(C)=O)CC(CSC(C)=O)(C1)CC(c1ccc(C#Cc4cc(Br)c(C(=[N+]=[N-])c5c(C)cc(C(C)(C)C)cc5C)c(Br)c4)cc1)(C2)C3. The molecule has 0 unspecified atom stereocenters. The van der Waals surface area contributed by atoms with Crippen LogP contribution in [0.3, 0.4) is 0 Å². The molecule has 0 aromatic heterocycles. The molecule has 0 saturated heterocycles. The van der Waals surface area contributed by atoms with Crippen LogP contribution in [0.1, 0.15) is 125 Å². The van der Waals surface area contributed by atoms with Gasteiger partial charge in [-0.1, -0.05) is 92.2 Å². The van der Waals surface area contributed by atoms with Crippen molar-refractivity contribution >= 4 is 88.2 Å². The molecule has 0 heterocycles. The van der Waals surface area contributed by atoms with E-state index in [1.165, 1.54) is 46.4 Å². The van der Waals surface area contributed by atoms with Gasteiger partial charge in [-0.15, -0.1) is 0 Å². The fourth-order valence-electron chi connectivity index (χ4n) is 10.7. The number of hydrogen-bond donors (Lipinski definition) is 0. The summed E-state index contributed by atoms with van der Waals surface area (Å²) in [5, 5.41) is 0.427. The molecule has 56 heavy (non-hydrogen) atoms. The molecule has 294 valence electrons. The Morgan fingerprint density at radius 2 is 1.09 bits per heavy atom. The van der Waals surface area contributed by atoms with Crippen molar-refractivity contribution in [1.29, 1.82) is 0 Å². The van der Waals surface area contributed by atoms with Crippen LogP contribution in [-0.4, -0.2) is 43.1 Å². The number of rotatable bonds is 9. The van der Waals surface area contributed by atoms with Crippen LogP contribution < -0.4 is 0 Å². The molecule has 0 N–H and O–H groups in total. The number of nitrogens with zero attached hydrogens (tertiary/aromatic N) is 2. The molecular formula is C46H50Br2N2O3S3. The van der Waals surface area contributed by atoms with E-state index in [0.29, 0.717) is 5.71 Å². The topological polar surface area (TPSA) is 87.6 Å². The minimum absolute atomic E-state index is 0.00174. The van der Waals surface area contributed by atoms with Gasteiger partial charge in [0.25, 0.3) is 0 Å². The standard InChI is InChI=1S/C46H50Br2N2O3S3/c1-28-15-36(42(6,7)8)16-29(2)39(28)41(50-49)40-37(47)17-34(18-38(40)48)10-9-33-11-13-35(14-12-33)46-22-43(25-54-30(3)51)19-44(23-46,26-55-31(4)52)21-45(20-43,24-46)27-56-32(5)53/h11-18H,19-27H2,1-8H3. The summed E-state index contributed by atoms with van der Waals surface area (Å²) >= 11 is 11.9. The van der Waals surface area contributed by atoms with Gasteiger partial charge in [-0.25, -0.2) is 0 Å². The Balaban J connectivity index is 1.31. The van der Waals surface area contributed by atoms with Gasteiger partial charge < -0.3 is 5.53 Å². The average Bonchev–Trinajstić information content (AvgIpc) is 3.09.